The third kappa shape index (κ3) is 7.16. The molecule has 0 aliphatic carbocycles. The summed E-state index contributed by atoms with van der Waals surface area (Å²) in [5.41, 5.74) is 1.67. The van der Waals surface area contributed by atoms with Crippen molar-refractivity contribution in [2.45, 2.75) is 26.5 Å². The predicted octanol–water partition coefficient (Wildman–Crippen LogP) is 4.19. The van der Waals surface area contributed by atoms with Crippen LogP contribution in [0.5, 0.6) is 5.75 Å². The molecule has 1 heterocycles. The Labute approximate surface area is 186 Å². The number of anilines is 1. The number of rotatable bonds is 9. The maximum absolute atomic E-state index is 13.0. The van der Waals surface area contributed by atoms with Crippen LogP contribution >= 0.6 is 0 Å². The van der Waals surface area contributed by atoms with Crippen LogP contribution in [0.2, 0.25) is 0 Å². The molecule has 3 N–H and O–H groups in total. The van der Waals surface area contributed by atoms with Gasteiger partial charge in [-0.15, -0.1) is 0 Å². The molecule has 0 saturated heterocycles. The molecule has 0 fully saturated rings. The van der Waals surface area contributed by atoms with Gasteiger partial charge >= 0.3 is 0 Å². The van der Waals surface area contributed by atoms with Gasteiger partial charge in [0.2, 0.25) is 0 Å². The van der Waals surface area contributed by atoms with Crippen LogP contribution in [0.3, 0.4) is 0 Å². The summed E-state index contributed by atoms with van der Waals surface area (Å²) in [6.45, 7) is 5.63. The van der Waals surface area contributed by atoms with E-state index < -0.39 is 0 Å². The number of amides is 1. The zero-order valence-corrected chi connectivity index (χ0v) is 18.1. The van der Waals surface area contributed by atoms with E-state index in [1.54, 1.807) is 24.3 Å². The van der Waals surface area contributed by atoms with Gasteiger partial charge in [-0.1, -0.05) is 12.1 Å². The van der Waals surface area contributed by atoms with Crippen molar-refractivity contribution < 1.29 is 18.3 Å². The normalized spacial score (nSPS) is 12.2. The molecule has 0 spiro atoms. The van der Waals surface area contributed by atoms with Gasteiger partial charge in [-0.3, -0.25) is 4.79 Å². The molecule has 7 nitrogen and oxygen atoms in total. The van der Waals surface area contributed by atoms with Gasteiger partial charge in [0.15, 0.2) is 11.7 Å². The molecule has 1 unspecified atom stereocenters. The van der Waals surface area contributed by atoms with E-state index in [0.29, 0.717) is 30.5 Å². The zero-order chi connectivity index (χ0) is 22.8. The highest BCUT2D eigenvalue weighted by Crippen LogP contribution is 2.14. The minimum Gasteiger partial charge on any atom is -0.489 e. The molecule has 3 aromatic rings. The largest absolute Gasteiger partial charge is 0.489 e. The molecule has 2 aromatic carbocycles. The molecule has 1 aromatic heterocycles. The lowest BCUT2D eigenvalue weighted by Crippen LogP contribution is -2.41. The minimum absolute atomic E-state index is 0.138. The second-order valence-electron chi connectivity index (χ2n) is 7.09. The van der Waals surface area contributed by atoms with Gasteiger partial charge in [-0.25, -0.2) is 9.38 Å². The van der Waals surface area contributed by atoms with Crippen LogP contribution < -0.4 is 20.7 Å². The van der Waals surface area contributed by atoms with Gasteiger partial charge in [-0.2, -0.15) is 0 Å². The Morgan fingerprint density at radius 1 is 1.09 bits per heavy atom. The van der Waals surface area contributed by atoms with E-state index >= 15 is 0 Å². The molecule has 0 aliphatic heterocycles. The number of carbonyl (C=O) groups excluding carboxylic acids is 1. The number of halogens is 1. The quantitative estimate of drug-likeness (QED) is 0.344. The standard InChI is InChI=1S/C24H27FN4O3/c1-3-26-24(27-15-17(2)32-21-12-8-19(25)9-13-21)28-16-18-6-10-20(11-7-18)29-23(30)22-5-4-14-31-22/h4-14,17H,3,15-16H2,1-2H3,(H,29,30)(H2,26,27,28). The summed E-state index contributed by atoms with van der Waals surface area (Å²) >= 11 is 0. The van der Waals surface area contributed by atoms with Gasteiger partial charge in [0.05, 0.1) is 19.4 Å². The molecule has 0 radical (unpaired) electrons. The first-order valence-electron chi connectivity index (χ1n) is 10.4. The highest BCUT2D eigenvalue weighted by atomic mass is 19.1. The maximum atomic E-state index is 13.0. The highest BCUT2D eigenvalue weighted by Gasteiger charge is 2.09. The molecule has 8 heteroatoms. The lowest BCUT2D eigenvalue weighted by molar-refractivity contribution is 0.0996. The Bertz CT molecular complexity index is 1000. The molecule has 32 heavy (non-hydrogen) atoms. The summed E-state index contributed by atoms with van der Waals surface area (Å²) in [7, 11) is 0. The number of guanidine groups is 1. The van der Waals surface area contributed by atoms with Crippen molar-refractivity contribution in [3.63, 3.8) is 0 Å². The fraction of sp³-hybridized carbons (Fsp3) is 0.250. The van der Waals surface area contributed by atoms with Gasteiger partial charge in [-0.05, 0) is 67.9 Å². The number of hydrogen-bond donors (Lipinski definition) is 3. The van der Waals surface area contributed by atoms with E-state index in [-0.39, 0.29) is 23.6 Å². The molecule has 0 aliphatic rings. The minimum atomic E-state index is -0.295. The Morgan fingerprint density at radius 2 is 1.84 bits per heavy atom. The summed E-state index contributed by atoms with van der Waals surface area (Å²) < 4.78 is 23.9. The van der Waals surface area contributed by atoms with E-state index in [1.165, 1.54) is 18.4 Å². The van der Waals surface area contributed by atoms with Gasteiger partial charge < -0.3 is 25.1 Å². The molecule has 0 bridgehead atoms. The van der Waals surface area contributed by atoms with Gasteiger partial charge in [0, 0.05) is 12.2 Å². The second kappa shape index (κ2) is 11.5. The van der Waals surface area contributed by atoms with Crippen molar-refractivity contribution in [1.29, 1.82) is 0 Å². The van der Waals surface area contributed by atoms with Crippen molar-refractivity contribution in [3.05, 3.63) is 84.1 Å². The summed E-state index contributed by atoms with van der Waals surface area (Å²) in [5.74, 6) is 0.950. The molecular weight excluding hydrogens is 411 g/mol. The second-order valence-corrected chi connectivity index (χ2v) is 7.09. The van der Waals surface area contributed by atoms with Crippen LogP contribution in [0.15, 0.2) is 76.3 Å². The van der Waals surface area contributed by atoms with Crippen LogP contribution in [0.1, 0.15) is 30.0 Å². The number of carbonyl (C=O) groups is 1. The number of furan rings is 1. The van der Waals surface area contributed by atoms with E-state index in [2.05, 4.69) is 20.9 Å². The summed E-state index contributed by atoms with van der Waals surface area (Å²) in [6, 6.07) is 16.7. The first-order valence-corrected chi connectivity index (χ1v) is 10.4. The fourth-order valence-corrected chi connectivity index (χ4v) is 2.83. The Morgan fingerprint density at radius 3 is 2.50 bits per heavy atom. The van der Waals surface area contributed by atoms with Crippen molar-refractivity contribution in [1.82, 2.24) is 10.6 Å². The number of ether oxygens (including phenoxy) is 1. The highest BCUT2D eigenvalue weighted by molar-refractivity contribution is 6.02. The third-order valence-electron chi connectivity index (χ3n) is 4.43. The van der Waals surface area contributed by atoms with Crippen LogP contribution in [0.25, 0.3) is 0 Å². The molecule has 3 rings (SSSR count). The summed E-state index contributed by atoms with van der Waals surface area (Å²) in [5, 5.41) is 9.23. The topological polar surface area (TPSA) is 87.9 Å². The lowest BCUT2D eigenvalue weighted by atomic mass is 10.2. The molecule has 1 amide bonds. The van der Waals surface area contributed by atoms with Crippen LogP contribution in [-0.2, 0) is 6.54 Å². The maximum Gasteiger partial charge on any atom is 0.291 e. The van der Waals surface area contributed by atoms with Crippen LogP contribution in [-0.4, -0.2) is 31.1 Å². The molecule has 0 saturated carbocycles. The molecular formula is C24H27FN4O3. The average Bonchev–Trinajstić information content (AvgIpc) is 3.33. The van der Waals surface area contributed by atoms with Gasteiger partial charge in [0.25, 0.3) is 5.91 Å². The number of aliphatic imine (C=N–C) groups is 1. The zero-order valence-electron chi connectivity index (χ0n) is 18.1. The third-order valence-corrected chi connectivity index (χ3v) is 4.43. The van der Waals surface area contributed by atoms with Crippen molar-refractivity contribution in [2.24, 2.45) is 4.99 Å². The van der Waals surface area contributed by atoms with Crippen molar-refractivity contribution >= 4 is 17.6 Å². The number of hydrogen-bond acceptors (Lipinski definition) is 4. The molecule has 168 valence electrons. The summed E-state index contributed by atoms with van der Waals surface area (Å²) in [4.78, 5) is 16.6. The van der Waals surface area contributed by atoms with Gasteiger partial charge in [0.1, 0.15) is 17.7 Å². The Hall–Kier alpha value is -3.81. The molecule has 1 atom stereocenters. The van der Waals surface area contributed by atoms with Crippen LogP contribution in [0.4, 0.5) is 10.1 Å². The smallest absolute Gasteiger partial charge is 0.291 e. The summed E-state index contributed by atoms with van der Waals surface area (Å²) in [6.07, 6.45) is 1.32. The first-order chi connectivity index (χ1) is 15.5. The SMILES string of the molecule is CCNC(=NCc1ccc(NC(=O)c2ccco2)cc1)NCC(C)Oc1ccc(F)cc1. The number of benzene rings is 2. The monoisotopic (exact) mass is 438 g/mol. The van der Waals surface area contributed by atoms with Crippen molar-refractivity contribution in [3.8, 4) is 5.75 Å². The average molecular weight is 439 g/mol. The van der Waals surface area contributed by atoms with E-state index in [0.717, 1.165) is 12.1 Å². The van der Waals surface area contributed by atoms with E-state index in [4.69, 9.17) is 9.15 Å². The fourth-order valence-electron chi connectivity index (χ4n) is 2.83. The van der Waals surface area contributed by atoms with Crippen molar-refractivity contribution in [2.75, 3.05) is 18.4 Å². The van der Waals surface area contributed by atoms with E-state index in [9.17, 15) is 9.18 Å². The lowest BCUT2D eigenvalue weighted by Gasteiger charge is -2.17. The number of nitrogens with one attached hydrogen (secondary N) is 3. The number of nitrogens with zero attached hydrogens (tertiary/aromatic N) is 1. The first kappa shape index (κ1) is 22.9. The van der Waals surface area contributed by atoms with Crippen LogP contribution in [0, 0.1) is 5.82 Å². The Kier molecular flexibility index (Phi) is 8.25. The Balaban J connectivity index is 1.50. The predicted molar refractivity (Wildman–Crippen MR) is 122 cm³/mol. The van der Waals surface area contributed by atoms with E-state index in [1.807, 2.05) is 38.1 Å².